The monoisotopic (exact) mass is 172 g/mol. The van der Waals surface area contributed by atoms with E-state index in [1.807, 2.05) is 18.2 Å². The summed E-state index contributed by atoms with van der Waals surface area (Å²) in [6, 6.07) is 10.2. The molecule has 0 aliphatic rings. The lowest BCUT2D eigenvalue weighted by Gasteiger charge is -1.88. The van der Waals surface area contributed by atoms with Crippen molar-refractivity contribution in [1.29, 1.82) is 0 Å². The van der Waals surface area contributed by atoms with Crippen molar-refractivity contribution in [1.82, 2.24) is 0 Å². The van der Waals surface area contributed by atoms with Gasteiger partial charge >= 0.3 is 0 Å². The van der Waals surface area contributed by atoms with E-state index in [2.05, 4.69) is 12.1 Å². The van der Waals surface area contributed by atoms with Gasteiger partial charge in [0.2, 0.25) is 0 Å². The van der Waals surface area contributed by atoms with Crippen LogP contribution in [-0.4, -0.2) is 0 Å². The van der Waals surface area contributed by atoms with E-state index in [1.165, 1.54) is 4.90 Å². The third-order valence-electron chi connectivity index (χ3n) is 0.886. The minimum atomic E-state index is 0.945. The molecule has 0 heterocycles. The first-order valence-corrected chi connectivity index (χ1v) is 5.81. The fraction of sp³-hybridized carbons (Fsp3) is 0. The molecule has 0 amide bonds. The summed E-state index contributed by atoms with van der Waals surface area (Å²) in [6.45, 7) is 0.945. The number of hydrogen-bond acceptors (Lipinski definition) is 2. The second kappa shape index (κ2) is 3.99. The Kier molecular flexibility index (Phi) is 3.20. The van der Waals surface area contributed by atoms with E-state index in [9.17, 15) is 0 Å². The zero-order valence-electron chi connectivity index (χ0n) is 4.65. The summed E-state index contributed by atoms with van der Waals surface area (Å²) in [5, 5.41) is 0. The zero-order valence-corrected chi connectivity index (χ0v) is 7.18. The molecule has 1 rings (SSSR count). The van der Waals surface area contributed by atoms with Gasteiger partial charge in [-0.1, -0.05) is 29.6 Å². The Labute approximate surface area is 65.3 Å². The maximum atomic E-state index is 4.77. The highest BCUT2D eigenvalue weighted by molar-refractivity contribution is 8.58. The van der Waals surface area contributed by atoms with Gasteiger partial charge in [-0.25, -0.2) is 0 Å². The number of benzene rings is 1. The maximum absolute atomic E-state index is 4.77. The van der Waals surface area contributed by atoms with E-state index >= 15 is 0 Å². The standard InChI is InChI=1S/C6H5PS2/c8-7-9-6-4-2-1-3-5-6/h1-5H. The average molecular weight is 172 g/mol. The highest BCUT2D eigenvalue weighted by atomic mass is 32.9. The molecule has 0 N–H and O–H groups in total. The SMILES string of the molecule is S=PSc1ccccc1. The smallest absolute Gasteiger partial charge is 0.0482 e. The summed E-state index contributed by atoms with van der Waals surface area (Å²) in [5.74, 6) is 0. The molecule has 0 atom stereocenters. The van der Waals surface area contributed by atoms with E-state index in [0.29, 0.717) is 0 Å². The Balaban J connectivity index is 2.72. The lowest BCUT2D eigenvalue weighted by molar-refractivity contribution is 1.48. The molecule has 0 fully saturated rings. The van der Waals surface area contributed by atoms with Crippen LogP contribution in [0.15, 0.2) is 35.2 Å². The molecule has 0 saturated heterocycles. The van der Waals surface area contributed by atoms with Crippen LogP contribution >= 0.6 is 17.9 Å². The van der Waals surface area contributed by atoms with Gasteiger partial charge in [0.05, 0.1) is 0 Å². The van der Waals surface area contributed by atoms with Crippen LogP contribution in [0.2, 0.25) is 0 Å². The van der Waals surface area contributed by atoms with Crippen LogP contribution < -0.4 is 0 Å². The highest BCUT2D eigenvalue weighted by Gasteiger charge is 1.84. The lowest BCUT2D eigenvalue weighted by atomic mass is 10.4. The van der Waals surface area contributed by atoms with Crippen molar-refractivity contribution in [3.8, 4) is 0 Å². The third kappa shape index (κ3) is 2.44. The number of rotatable bonds is 2. The molecule has 0 unspecified atom stereocenters. The van der Waals surface area contributed by atoms with E-state index in [1.54, 1.807) is 11.4 Å². The molecule has 46 valence electrons. The molecular weight excluding hydrogens is 167 g/mol. The molecule has 0 bridgehead atoms. The van der Waals surface area contributed by atoms with Crippen molar-refractivity contribution >= 4 is 29.7 Å². The molecule has 0 radical (unpaired) electrons. The lowest BCUT2D eigenvalue weighted by Crippen LogP contribution is -1.60. The van der Waals surface area contributed by atoms with Crippen molar-refractivity contribution in [2.45, 2.75) is 4.90 Å². The molecule has 0 spiro atoms. The van der Waals surface area contributed by atoms with Crippen LogP contribution in [0, 0.1) is 0 Å². The van der Waals surface area contributed by atoms with E-state index in [4.69, 9.17) is 11.8 Å². The summed E-state index contributed by atoms with van der Waals surface area (Å²) >= 11 is 6.43. The van der Waals surface area contributed by atoms with Gasteiger partial charge in [-0.15, -0.1) is 0 Å². The maximum Gasteiger partial charge on any atom is 0.0482 e. The van der Waals surface area contributed by atoms with Gasteiger partial charge in [0.25, 0.3) is 0 Å². The van der Waals surface area contributed by atoms with Crippen LogP contribution in [0.1, 0.15) is 0 Å². The molecule has 0 aromatic heterocycles. The van der Waals surface area contributed by atoms with Gasteiger partial charge in [0, 0.05) is 11.5 Å². The summed E-state index contributed by atoms with van der Waals surface area (Å²) in [7, 11) is 0. The van der Waals surface area contributed by atoms with Gasteiger partial charge in [0.15, 0.2) is 0 Å². The molecule has 0 aliphatic carbocycles. The molecule has 0 nitrogen and oxygen atoms in total. The Morgan fingerprint density at radius 1 is 1.22 bits per heavy atom. The molecule has 0 saturated carbocycles. The Bertz CT molecular complexity index is 186. The van der Waals surface area contributed by atoms with Crippen molar-refractivity contribution in [2.75, 3.05) is 0 Å². The van der Waals surface area contributed by atoms with Gasteiger partial charge in [-0.3, -0.25) is 0 Å². The van der Waals surface area contributed by atoms with Crippen LogP contribution in [-0.2, 0) is 11.8 Å². The van der Waals surface area contributed by atoms with E-state index in [-0.39, 0.29) is 0 Å². The van der Waals surface area contributed by atoms with Gasteiger partial charge in [0.1, 0.15) is 0 Å². The van der Waals surface area contributed by atoms with E-state index in [0.717, 1.165) is 6.56 Å². The summed E-state index contributed by atoms with van der Waals surface area (Å²) in [4.78, 5) is 1.24. The van der Waals surface area contributed by atoms with Gasteiger partial charge in [-0.2, -0.15) is 0 Å². The summed E-state index contributed by atoms with van der Waals surface area (Å²) in [6.07, 6.45) is 0. The minimum absolute atomic E-state index is 0.945. The zero-order chi connectivity index (χ0) is 6.53. The average Bonchev–Trinajstić information content (AvgIpc) is 1.91. The van der Waals surface area contributed by atoms with Crippen LogP contribution in [0.25, 0.3) is 0 Å². The Hall–Kier alpha value is 0.0900. The second-order valence-electron chi connectivity index (χ2n) is 1.48. The quantitative estimate of drug-likeness (QED) is 0.629. The van der Waals surface area contributed by atoms with Gasteiger partial charge in [-0.05, 0) is 23.9 Å². The predicted octanol–water partition coefficient (Wildman–Crippen LogP) is 3.10. The topological polar surface area (TPSA) is 0 Å². The van der Waals surface area contributed by atoms with Crippen molar-refractivity contribution in [3.05, 3.63) is 30.3 Å². The van der Waals surface area contributed by atoms with Crippen LogP contribution in [0.4, 0.5) is 0 Å². The molecule has 3 heteroatoms. The molecule has 1 aromatic rings. The third-order valence-corrected chi connectivity index (χ3v) is 2.97. The summed E-state index contributed by atoms with van der Waals surface area (Å²) in [5.41, 5.74) is 0. The molecule has 1 aromatic carbocycles. The normalized spacial score (nSPS) is 9.78. The van der Waals surface area contributed by atoms with Gasteiger partial charge < -0.3 is 0 Å². The van der Waals surface area contributed by atoms with Crippen LogP contribution in [0.3, 0.4) is 0 Å². The Morgan fingerprint density at radius 3 is 2.44 bits per heavy atom. The molecular formula is C6H5PS2. The highest BCUT2D eigenvalue weighted by Crippen LogP contribution is 2.27. The van der Waals surface area contributed by atoms with Crippen LogP contribution in [0.5, 0.6) is 0 Å². The second-order valence-corrected chi connectivity index (χ2v) is 4.62. The Morgan fingerprint density at radius 2 is 1.89 bits per heavy atom. The fourth-order valence-corrected chi connectivity index (χ4v) is 2.29. The predicted molar refractivity (Wildman–Crippen MR) is 46.6 cm³/mol. The van der Waals surface area contributed by atoms with Crippen molar-refractivity contribution in [2.24, 2.45) is 0 Å². The minimum Gasteiger partial charge on any atom is -0.0622 e. The summed E-state index contributed by atoms with van der Waals surface area (Å²) < 4.78 is 0. The fourth-order valence-electron chi connectivity index (χ4n) is 0.524. The first-order chi connectivity index (χ1) is 4.43. The largest absolute Gasteiger partial charge is 0.0622 e. The van der Waals surface area contributed by atoms with Crippen molar-refractivity contribution in [3.63, 3.8) is 0 Å². The first kappa shape index (κ1) is 7.20. The van der Waals surface area contributed by atoms with E-state index < -0.39 is 0 Å². The number of hydrogen-bond donors (Lipinski definition) is 0. The first-order valence-electron chi connectivity index (χ1n) is 2.48. The van der Waals surface area contributed by atoms with Crippen molar-refractivity contribution < 1.29 is 0 Å². The molecule has 0 aliphatic heterocycles. The molecule has 9 heavy (non-hydrogen) atoms.